The highest BCUT2D eigenvalue weighted by Crippen LogP contribution is 2.72. The molecule has 6 fully saturated rings. The minimum absolute atomic E-state index is 0.0656. The quantitative estimate of drug-likeness (QED) is 0.540. The van der Waals surface area contributed by atoms with Crippen LogP contribution in [0, 0.1) is 52.3 Å². The molecule has 13 atom stereocenters. The Bertz CT molecular complexity index is 761. The minimum atomic E-state index is -0.714. The Morgan fingerprint density at radius 2 is 1.69 bits per heavy atom. The Labute approximate surface area is 194 Å². The van der Waals surface area contributed by atoms with Gasteiger partial charge in [0, 0.05) is 18.8 Å². The van der Waals surface area contributed by atoms with Crippen LogP contribution >= 0.6 is 0 Å². The van der Waals surface area contributed by atoms with Gasteiger partial charge in [-0.15, -0.1) is 0 Å². The molecule has 0 aromatic heterocycles. The predicted octanol–water partition coefficient (Wildman–Crippen LogP) is 5.15. The zero-order valence-electron chi connectivity index (χ0n) is 21.0. The summed E-state index contributed by atoms with van der Waals surface area (Å²) >= 11 is 0. The van der Waals surface area contributed by atoms with Crippen molar-refractivity contribution in [2.24, 2.45) is 52.3 Å². The van der Waals surface area contributed by atoms with Gasteiger partial charge in [0.2, 0.25) is 0 Å². The van der Waals surface area contributed by atoms with Crippen molar-refractivity contribution in [2.45, 2.75) is 116 Å². The van der Waals surface area contributed by atoms with E-state index in [0.29, 0.717) is 53.4 Å². The highest BCUT2D eigenvalue weighted by molar-refractivity contribution is 5.19. The average molecular weight is 447 g/mol. The monoisotopic (exact) mass is 446 g/mol. The number of hydrogen-bond acceptors (Lipinski definition) is 4. The van der Waals surface area contributed by atoms with Crippen molar-refractivity contribution >= 4 is 0 Å². The van der Waals surface area contributed by atoms with E-state index in [4.69, 9.17) is 9.47 Å². The molecular weight excluding hydrogens is 400 g/mol. The van der Waals surface area contributed by atoms with E-state index in [9.17, 15) is 10.2 Å². The molecule has 6 aliphatic rings. The van der Waals surface area contributed by atoms with Crippen LogP contribution in [0.2, 0.25) is 0 Å². The average Bonchev–Trinajstić information content (AvgIpc) is 3.18. The van der Waals surface area contributed by atoms with Crippen LogP contribution in [0.3, 0.4) is 0 Å². The molecule has 0 aromatic carbocycles. The van der Waals surface area contributed by atoms with Gasteiger partial charge in [-0.2, -0.15) is 0 Å². The van der Waals surface area contributed by atoms with E-state index in [1.54, 1.807) is 0 Å². The Kier molecular flexibility index (Phi) is 4.85. The number of ether oxygens (including phenoxy) is 2. The summed E-state index contributed by atoms with van der Waals surface area (Å²) in [6, 6.07) is 0. The predicted molar refractivity (Wildman–Crippen MR) is 124 cm³/mol. The van der Waals surface area contributed by atoms with Crippen LogP contribution in [-0.4, -0.2) is 40.4 Å². The van der Waals surface area contributed by atoms with Gasteiger partial charge in [-0.3, -0.25) is 0 Å². The van der Waals surface area contributed by atoms with Crippen molar-refractivity contribution in [3.05, 3.63) is 0 Å². The second-order valence-electron chi connectivity index (χ2n) is 13.8. The Hall–Kier alpha value is -0.160. The Balaban J connectivity index is 1.30. The molecule has 4 nitrogen and oxygen atoms in total. The molecule has 2 heterocycles. The Morgan fingerprint density at radius 3 is 2.41 bits per heavy atom. The maximum absolute atomic E-state index is 11.9. The third-order valence-corrected chi connectivity index (χ3v) is 12.5. The van der Waals surface area contributed by atoms with Crippen LogP contribution in [0.1, 0.15) is 92.4 Å². The molecule has 182 valence electrons. The first kappa shape index (κ1) is 22.3. The molecule has 1 spiro atoms. The van der Waals surface area contributed by atoms with E-state index >= 15 is 0 Å². The summed E-state index contributed by atoms with van der Waals surface area (Å²) in [7, 11) is 0. The fourth-order valence-corrected chi connectivity index (χ4v) is 10.7. The van der Waals surface area contributed by atoms with Crippen molar-refractivity contribution in [1.82, 2.24) is 0 Å². The summed E-state index contributed by atoms with van der Waals surface area (Å²) in [5.74, 6) is 3.56. The molecular formula is C28H46O4. The second-order valence-corrected chi connectivity index (χ2v) is 13.8. The lowest BCUT2D eigenvalue weighted by molar-refractivity contribution is -0.276. The minimum Gasteiger partial charge on any atom is -0.393 e. The smallest absolute Gasteiger partial charge is 0.171 e. The van der Waals surface area contributed by atoms with Crippen LogP contribution in [0.25, 0.3) is 0 Å². The number of fused-ring (bicyclic) bond motifs is 7. The lowest BCUT2D eigenvalue weighted by Crippen LogP contribution is -2.66. The maximum Gasteiger partial charge on any atom is 0.171 e. The third kappa shape index (κ3) is 2.65. The third-order valence-electron chi connectivity index (χ3n) is 12.5. The number of hydrogen-bond donors (Lipinski definition) is 2. The maximum atomic E-state index is 11.9. The summed E-state index contributed by atoms with van der Waals surface area (Å²) in [5.41, 5.74) is -0.459. The van der Waals surface area contributed by atoms with Gasteiger partial charge in [0.25, 0.3) is 0 Å². The van der Waals surface area contributed by atoms with Gasteiger partial charge in [-0.05, 0) is 91.3 Å². The van der Waals surface area contributed by atoms with Crippen molar-refractivity contribution in [3.63, 3.8) is 0 Å². The molecule has 4 saturated carbocycles. The van der Waals surface area contributed by atoms with Crippen LogP contribution in [0.4, 0.5) is 0 Å². The summed E-state index contributed by atoms with van der Waals surface area (Å²) in [5, 5.41) is 22.3. The normalized spacial score (nSPS) is 64.0. The first-order valence-corrected chi connectivity index (χ1v) is 13.8. The fraction of sp³-hybridized carbons (Fsp3) is 1.00. The van der Waals surface area contributed by atoms with E-state index in [2.05, 4.69) is 34.6 Å². The molecule has 2 aliphatic heterocycles. The summed E-state index contributed by atoms with van der Waals surface area (Å²) in [6.07, 6.45) is 9.42. The number of aliphatic hydroxyl groups is 2. The lowest BCUT2D eigenvalue weighted by atomic mass is 9.41. The number of rotatable bonds is 0. The number of aliphatic hydroxyl groups excluding tert-OH is 1. The van der Waals surface area contributed by atoms with Crippen LogP contribution in [-0.2, 0) is 9.47 Å². The molecule has 2 N–H and O–H groups in total. The van der Waals surface area contributed by atoms with E-state index in [1.165, 1.54) is 25.7 Å². The summed E-state index contributed by atoms with van der Waals surface area (Å²) in [6.45, 7) is 12.8. The summed E-state index contributed by atoms with van der Waals surface area (Å²) in [4.78, 5) is 0. The highest BCUT2D eigenvalue weighted by atomic mass is 16.7. The fourth-order valence-electron chi connectivity index (χ4n) is 10.7. The van der Waals surface area contributed by atoms with Crippen molar-refractivity contribution in [3.8, 4) is 0 Å². The molecule has 2 saturated heterocycles. The van der Waals surface area contributed by atoms with Gasteiger partial charge in [-0.1, -0.05) is 34.6 Å². The highest BCUT2D eigenvalue weighted by Gasteiger charge is 2.71. The summed E-state index contributed by atoms with van der Waals surface area (Å²) < 4.78 is 13.4. The molecule has 32 heavy (non-hydrogen) atoms. The van der Waals surface area contributed by atoms with Gasteiger partial charge >= 0.3 is 0 Å². The molecule has 6 rings (SSSR count). The van der Waals surface area contributed by atoms with Crippen molar-refractivity contribution in [2.75, 3.05) is 6.61 Å². The van der Waals surface area contributed by atoms with Gasteiger partial charge in [0.15, 0.2) is 5.79 Å². The largest absolute Gasteiger partial charge is 0.393 e. The van der Waals surface area contributed by atoms with Crippen LogP contribution < -0.4 is 0 Å². The topological polar surface area (TPSA) is 58.9 Å². The molecule has 4 aliphatic carbocycles. The van der Waals surface area contributed by atoms with Gasteiger partial charge in [0.05, 0.1) is 24.4 Å². The van der Waals surface area contributed by atoms with E-state index in [-0.39, 0.29) is 23.2 Å². The molecule has 0 bridgehead atoms. The standard InChI is InChI=1S/C28H46O4/c1-16-6-11-28(31-15-16)18(3)24-23(32-28)13-22-20-12-17(2)27(30)14-19(29)7-10-26(27,5)21(20)8-9-25(22,24)4/h16-24,29-30H,6-15H2,1-5H3/t16-,17-,18+,19+,20-,21+,22+,23+,24+,25+,26-,27+,28?/m1/s1. The van der Waals surface area contributed by atoms with Crippen molar-refractivity contribution in [1.29, 1.82) is 0 Å². The molecule has 4 heteroatoms. The molecule has 0 amide bonds. The molecule has 0 radical (unpaired) electrons. The van der Waals surface area contributed by atoms with Gasteiger partial charge < -0.3 is 19.7 Å². The lowest BCUT2D eigenvalue weighted by Gasteiger charge is -2.66. The SMILES string of the molecule is C[C@@H]1CCC2(OC1)O[C@H]1C[C@H]3[C@@H]4C[C@@H](C)[C@@]5(O)C[C@@H](O)CC[C@]5(C)[C@H]4CC[C@]3(C)[C@H]1[C@@H]2C. The first-order chi connectivity index (χ1) is 15.0. The van der Waals surface area contributed by atoms with E-state index in [0.717, 1.165) is 32.3 Å². The van der Waals surface area contributed by atoms with Gasteiger partial charge in [0.1, 0.15) is 0 Å². The van der Waals surface area contributed by atoms with Crippen molar-refractivity contribution < 1.29 is 19.7 Å². The van der Waals surface area contributed by atoms with E-state index < -0.39 is 5.60 Å². The molecule has 1 unspecified atom stereocenters. The zero-order chi connectivity index (χ0) is 22.7. The second kappa shape index (κ2) is 6.95. The van der Waals surface area contributed by atoms with E-state index in [1.807, 2.05) is 0 Å². The van der Waals surface area contributed by atoms with Crippen LogP contribution in [0.15, 0.2) is 0 Å². The van der Waals surface area contributed by atoms with Crippen LogP contribution in [0.5, 0.6) is 0 Å². The zero-order valence-corrected chi connectivity index (χ0v) is 21.0. The Morgan fingerprint density at radius 1 is 0.906 bits per heavy atom. The van der Waals surface area contributed by atoms with Gasteiger partial charge in [-0.25, -0.2) is 0 Å². The molecule has 0 aromatic rings. The first-order valence-electron chi connectivity index (χ1n) is 13.8.